The summed E-state index contributed by atoms with van der Waals surface area (Å²) in [6.45, 7) is 0.117. The van der Waals surface area contributed by atoms with Crippen molar-refractivity contribution < 1.29 is 24.3 Å². The standard InChI is InChI=1S/C19H15BrN2O5/c20-11-7-8-15(14(10-11)19(26)27)21-16(23)6-3-9-22-17(24)12-4-1-2-5-13(12)18(22)25/h1-2,4-5,7-8,10H,3,6,9H2,(H,21,23)(H,26,27). The van der Waals surface area contributed by atoms with Crippen LogP contribution in [-0.2, 0) is 4.79 Å². The van der Waals surface area contributed by atoms with Gasteiger partial charge in [-0.05, 0) is 36.8 Å². The smallest absolute Gasteiger partial charge is 0.337 e. The number of hydrogen-bond donors (Lipinski definition) is 2. The number of carboxylic acid groups (broad SMARTS) is 1. The van der Waals surface area contributed by atoms with Gasteiger partial charge in [0.15, 0.2) is 0 Å². The van der Waals surface area contributed by atoms with E-state index in [9.17, 15) is 24.3 Å². The van der Waals surface area contributed by atoms with Crippen molar-refractivity contribution in [3.8, 4) is 0 Å². The van der Waals surface area contributed by atoms with Gasteiger partial charge in [-0.1, -0.05) is 28.1 Å². The first-order valence-electron chi connectivity index (χ1n) is 8.16. The molecule has 2 N–H and O–H groups in total. The second-order valence-electron chi connectivity index (χ2n) is 5.95. The van der Waals surface area contributed by atoms with Gasteiger partial charge in [-0.15, -0.1) is 0 Å². The molecule has 0 bridgehead atoms. The van der Waals surface area contributed by atoms with Gasteiger partial charge in [-0.3, -0.25) is 19.3 Å². The molecule has 0 radical (unpaired) electrons. The molecule has 1 aliphatic heterocycles. The number of nitrogens with one attached hydrogen (secondary N) is 1. The molecule has 0 spiro atoms. The van der Waals surface area contributed by atoms with E-state index in [1.807, 2.05) is 0 Å². The second kappa shape index (κ2) is 7.71. The molecule has 0 saturated heterocycles. The zero-order chi connectivity index (χ0) is 19.6. The van der Waals surface area contributed by atoms with E-state index >= 15 is 0 Å². The number of hydrogen-bond acceptors (Lipinski definition) is 4. The lowest BCUT2D eigenvalue weighted by molar-refractivity contribution is -0.116. The largest absolute Gasteiger partial charge is 0.478 e. The summed E-state index contributed by atoms with van der Waals surface area (Å²) in [5.41, 5.74) is 0.898. The van der Waals surface area contributed by atoms with Crippen LogP contribution in [0.3, 0.4) is 0 Å². The fraction of sp³-hybridized carbons (Fsp3) is 0.158. The quantitative estimate of drug-likeness (QED) is 0.684. The molecule has 2 aromatic carbocycles. The van der Waals surface area contributed by atoms with Gasteiger partial charge in [-0.25, -0.2) is 4.79 Å². The lowest BCUT2D eigenvalue weighted by Gasteiger charge is -2.14. The molecule has 0 aliphatic carbocycles. The van der Waals surface area contributed by atoms with Gasteiger partial charge in [-0.2, -0.15) is 0 Å². The number of fused-ring (bicyclic) bond motifs is 1. The predicted octanol–water partition coefficient (Wildman–Crippen LogP) is 3.16. The number of amides is 3. The van der Waals surface area contributed by atoms with Crippen LogP contribution in [0.1, 0.15) is 43.9 Å². The third kappa shape index (κ3) is 3.90. The van der Waals surface area contributed by atoms with E-state index < -0.39 is 11.9 Å². The van der Waals surface area contributed by atoms with Crippen molar-refractivity contribution in [1.82, 2.24) is 4.90 Å². The Kier molecular flexibility index (Phi) is 5.36. The SMILES string of the molecule is O=C(CCCN1C(=O)c2ccccc2C1=O)Nc1ccc(Br)cc1C(=O)O. The van der Waals surface area contributed by atoms with Crippen LogP contribution in [0.25, 0.3) is 0 Å². The number of carbonyl (C=O) groups excluding carboxylic acids is 3. The molecule has 0 fully saturated rings. The Morgan fingerprint density at radius 3 is 2.26 bits per heavy atom. The first kappa shape index (κ1) is 18.8. The molecule has 138 valence electrons. The third-order valence-corrected chi connectivity index (χ3v) is 4.64. The summed E-state index contributed by atoms with van der Waals surface area (Å²) in [7, 11) is 0. The first-order chi connectivity index (χ1) is 12.9. The summed E-state index contributed by atoms with van der Waals surface area (Å²) >= 11 is 3.19. The molecule has 1 aliphatic rings. The fourth-order valence-electron chi connectivity index (χ4n) is 2.86. The summed E-state index contributed by atoms with van der Waals surface area (Å²) in [6, 6.07) is 11.1. The van der Waals surface area contributed by atoms with Gasteiger partial charge in [0.1, 0.15) is 0 Å². The topological polar surface area (TPSA) is 104 Å². The number of aromatic carboxylic acids is 1. The molecule has 27 heavy (non-hydrogen) atoms. The van der Waals surface area contributed by atoms with Gasteiger partial charge >= 0.3 is 5.97 Å². The van der Waals surface area contributed by atoms with Gasteiger partial charge in [0.25, 0.3) is 11.8 Å². The van der Waals surface area contributed by atoms with E-state index in [1.165, 1.54) is 12.1 Å². The number of halogens is 1. The highest BCUT2D eigenvalue weighted by atomic mass is 79.9. The molecule has 2 aromatic rings. The highest BCUT2D eigenvalue weighted by molar-refractivity contribution is 9.10. The summed E-state index contributed by atoms with van der Waals surface area (Å²) in [5, 5.41) is 11.8. The molecule has 0 atom stereocenters. The fourth-order valence-corrected chi connectivity index (χ4v) is 3.22. The Labute approximate surface area is 163 Å². The van der Waals surface area contributed by atoms with Crippen molar-refractivity contribution >= 4 is 45.3 Å². The molecule has 0 saturated carbocycles. The van der Waals surface area contributed by atoms with Crippen LogP contribution < -0.4 is 5.32 Å². The predicted molar refractivity (Wildman–Crippen MR) is 101 cm³/mol. The number of carboxylic acids is 1. The minimum atomic E-state index is -1.15. The third-order valence-electron chi connectivity index (χ3n) is 4.15. The number of nitrogens with zero attached hydrogens (tertiary/aromatic N) is 1. The first-order valence-corrected chi connectivity index (χ1v) is 8.95. The van der Waals surface area contributed by atoms with Gasteiger partial charge in [0.05, 0.1) is 22.4 Å². The highest BCUT2D eigenvalue weighted by Gasteiger charge is 2.34. The average molecular weight is 431 g/mol. The minimum absolute atomic E-state index is 0.0296. The summed E-state index contributed by atoms with van der Waals surface area (Å²) in [5.74, 6) is -2.27. The van der Waals surface area contributed by atoms with E-state index in [0.717, 1.165) is 4.90 Å². The highest BCUT2D eigenvalue weighted by Crippen LogP contribution is 2.23. The maximum Gasteiger partial charge on any atom is 0.337 e. The number of rotatable bonds is 6. The molecule has 3 rings (SSSR count). The molecule has 0 aromatic heterocycles. The van der Waals surface area contributed by atoms with E-state index in [4.69, 9.17) is 0 Å². The van der Waals surface area contributed by atoms with Crippen molar-refractivity contribution in [3.05, 3.63) is 63.6 Å². The van der Waals surface area contributed by atoms with Gasteiger partial charge < -0.3 is 10.4 Å². The lowest BCUT2D eigenvalue weighted by Crippen LogP contribution is -2.31. The summed E-state index contributed by atoms with van der Waals surface area (Å²) < 4.78 is 0.587. The Balaban J connectivity index is 1.58. The molecular weight excluding hydrogens is 416 g/mol. The minimum Gasteiger partial charge on any atom is -0.478 e. The number of benzene rings is 2. The van der Waals surface area contributed by atoms with Gasteiger partial charge in [0, 0.05) is 17.4 Å². The van der Waals surface area contributed by atoms with Crippen LogP contribution in [0.2, 0.25) is 0 Å². The molecule has 1 heterocycles. The van der Waals surface area contributed by atoms with E-state index in [1.54, 1.807) is 30.3 Å². The van der Waals surface area contributed by atoms with Crippen LogP contribution in [0, 0.1) is 0 Å². The van der Waals surface area contributed by atoms with Crippen molar-refractivity contribution in [2.24, 2.45) is 0 Å². The number of carbonyl (C=O) groups is 4. The average Bonchev–Trinajstić information content (AvgIpc) is 2.88. The maximum absolute atomic E-state index is 12.3. The zero-order valence-corrected chi connectivity index (χ0v) is 15.7. The Morgan fingerprint density at radius 2 is 1.67 bits per heavy atom. The normalized spacial score (nSPS) is 12.9. The van der Waals surface area contributed by atoms with Crippen LogP contribution in [-0.4, -0.2) is 40.2 Å². The van der Waals surface area contributed by atoms with Crippen LogP contribution in [0.15, 0.2) is 46.9 Å². The second-order valence-corrected chi connectivity index (χ2v) is 6.87. The molecule has 3 amide bonds. The van der Waals surface area contributed by atoms with Crippen molar-refractivity contribution in [2.45, 2.75) is 12.8 Å². The van der Waals surface area contributed by atoms with Crippen molar-refractivity contribution in [2.75, 3.05) is 11.9 Å². The maximum atomic E-state index is 12.3. The van der Waals surface area contributed by atoms with Gasteiger partial charge in [0.2, 0.25) is 5.91 Å². The lowest BCUT2D eigenvalue weighted by atomic mass is 10.1. The molecule has 0 unspecified atom stereocenters. The van der Waals surface area contributed by atoms with Crippen LogP contribution in [0.4, 0.5) is 5.69 Å². The van der Waals surface area contributed by atoms with Crippen LogP contribution >= 0.6 is 15.9 Å². The molecule has 7 nitrogen and oxygen atoms in total. The molecule has 8 heteroatoms. The van der Waals surface area contributed by atoms with Crippen molar-refractivity contribution in [1.29, 1.82) is 0 Å². The van der Waals surface area contributed by atoms with E-state index in [0.29, 0.717) is 15.6 Å². The monoisotopic (exact) mass is 430 g/mol. The Morgan fingerprint density at radius 1 is 1.04 bits per heavy atom. The molecular formula is C19H15BrN2O5. The van der Waals surface area contributed by atoms with Crippen molar-refractivity contribution in [3.63, 3.8) is 0 Å². The number of anilines is 1. The summed E-state index contributed by atoms with van der Waals surface area (Å²) in [6.07, 6.45) is 0.318. The van der Waals surface area contributed by atoms with E-state index in [2.05, 4.69) is 21.2 Å². The zero-order valence-electron chi connectivity index (χ0n) is 14.1. The number of imide groups is 1. The Bertz CT molecular complexity index is 922. The van der Waals surface area contributed by atoms with Crippen LogP contribution in [0.5, 0.6) is 0 Å². The Hall–Kier alpha value is -3.00. The van der Waals surface area contributed by atoms with E-state index in [-0.39, 0.29) is 42.5 Å². The summed E-state index contributed by atoms with van der Waals surface area (Å²) in [4.78, 5) is 49.0.